The van der Waals surface area contributed by atoms with E-state index in [4.69, 9.17) is 0 Å². The summed E-state index contributed by atoms with van der Waals surface area (Å²) >= 11 is 0. The van der Waals surface area contributed by atoms with Gasteiger partial charge in [0.1, 0.15) is 5.76 Å². The summed E-state index contributed by atoms with van der Waals surface area (Å²) in [7, 11) is 0. The third-order valence-corrected chi connectivity index (χ3v) is 4.40. The van der Waals surface area contributed by atoms with E-state index in [1.165, 1.54) is 0 Å². The van der Waals surface area contributed by atoms with Gasteiger partial charge >= 0.3 is 0 Å². The van der Waals surface area contributed by atoms with E-state index in [-0.39, 0.29) is 17.1 Å². The molecule has 3 heteroatoms. The highest BCUT2D eigenvalue weighted by Gasteiger charge is 2.28. The molecule has 0 atom stereocenters. The van der Waals surface area contributed by atoms with Gasteiger partial charge in [-0.05, 0) is 54.7 Å². The molecule has 0 bridgehead atoms. The first-order valence-electron chi connectivity index (χ1n) is 7.79. The Hall–Kier alpha value is -2.55. The zero-order chi connectivity index (χ0) is 16.6. The van der Waals surface area contributed by atoms with Crippen molar-refractivity contribution in [3.8, 4) is 0 Å². The fourth-order valence-electron chi connectivity index (χ4n) is 2.90. The van der Waals surface area contributed by atoms with Gasteiger partial charge in [-0.2, -0.15) is 0 Å². The Kier molecular flexibility index (Phi) is 3.72. The van der Waals surface area contributed by atoms with Crippen molar-refractivity contribution >= 4 is 17.4 Å². The van der Waals surface area contributed by atoms with Crippen LogP contribution in [0.5, 0.6) is 0 Å². The number of aliphatic hydroxyl groups excluding tert-OH is 1. The molecule has 1 aliphatic rings. The molecule has 2 N–H and O–H groups in total. The first-order chi connectivity index (χ1) is 10.9. The van der Waals surface area contributed by atoms with E-state index >= 15 is 0 Å². The van der Waals surface area contributed by atoms with Crippen molar-refractivity contribution in [1.82, 2.24) is 0 Å². The van der Waals surface area contributed by atoms with Gasteiger partial charge in [0.2, 0.25) is 0 Å². The highest BCUT2D eigenvalue weighted by molar-refractivity contribution is 6.04. The summed E-state index contributed by atoms with van der Waals surface area (Å²) in [5.41, 5.74) is 4.24. The second-order valence-electron chi connectivity index (χ2n) is 6.76. The zero-order valence-electron chi connectivity index (χ0n) is 13.7. The number of anilines is 1. The van der Waals surface area contributed by atoms with Gasteiger partial charge in [0, 0.05) is 16.8 Å². The minimum Gasteiger partial charge on any atom is -0.508 e. The summed E-state index contributed by atoms with van der Waals surface area (Å²) < 4.78 is 0. The van der Waals surface area contributed by atoms with Crippen molar-refractivity contribution in [3.05, 3.63) is 70.8 Å². The molecule has 1 aliphatic carbocycles. The molecule has 0 saturated heterocycles. The molecule has 3 nitrogen and oxygen atoms in total. The largest absolute Gasteiger partial charge is 0.508 e. The maximum Gasteiger partial charge on any atom is 0.255 e. The lowest BCUT2D eigenvalue weighted by Gasteiger charge is -2.30. The number of amides is 1. The maximum atomic E-state index is 12.4. The molecule has 2 aromatic rings. The predicted octanol–water partition coefficient (Wildman–Crippen LogP) is 4.83. The molecule has 2 aromatic carbocycles. The molecule has 0 unspecified atom stereocenters. The van der Waals surface area contributed by atoms with Crippen LogP contribution >= 0.6 is 0 Å². The van der Waals surface area contributed by atoms with Crippen LogP contribution in [0.1, 0.15) is 47.3 Å². The van der Waals surface area contributed by atoms with E-state index in [0.717, 1.165) is 28.8 Å². The molecular weight excluding hydrogens is 286 g/mol. The fraction of sp³-hybridized carbons (Fsp3) is 0.250. The van der Waals surface area contributed by atoms with E-state index in [1.807, 2.05) is 49.4 Å². The van der Waals surface area contributed by atoms with Gasteiger partial charge in [0.05, 0.1) is 0 Å². The molecule has 3 rings (SSSR count). The van der Waals surface area contributed by atoms with Gasteiger partial charge in [0.15, 0.2) is 0 Å². The summed E-state index contributed by atoms with van der Waals surface area (Å²) in [5, 5.41) is 13.0. The summed E-state index contributed by atoms with van der Waals surface area (Å²) in [6.07, 6.45) is 2.62. The Morgan fingerprint density at radius 1 is 1.13 bits per heavy atom. The lowest BCUT2D eigenvalue weighted by Crippen LogP contribution is -2.22. The van der Waals surface area contributed by atoms with E-state index in [0.29, 0.717) is 5.56 Å². The SMILES string of the molecule is Cc1ccc(NC(=O)c2ccc3c(c2)C(O)=CCC3(C)C)cc1. The zero-order valence-corrected chi connectivity index (χ0v) is 13.7. The van der Waals surface area contributed by atoms with Gasteiger partial charge in [-0.1, -0.05) is 37.6 Å². The average Bonchev–Trinajstić information content (AvgIpc) is 2.53. The maximum absolute atomic E-state index is 12.4. The molecule has 0 radical (unpaired) electrons. The molecule has 0 fully saturated rings. The minimum absolute atomic E-state index is 0.0342. The van der Waals surface area contributed by atoms with Crippen LogP contribution in [-0.2, 0) is 5.41 Å². The van der Waals surface area contributed by atoms with Crippen LogP contribution in [0.4, 0.5) is 5.69 Å². The number of carbonyl (C=O) groups is 1. The highest BCUT2D eigenvalue weighted by atomic mass is 16.3. The fourth-order valence-corrected chi connectivity index (χ4v) is 2.90. The topological polar surface area (TPSA) is 49.3 Å². The second-order valence-corrected chi connectivity index (χ2v) is 6.76. The minimum atomic E-state index is -0.173. The lowest BCUT2D eigenvalue weighted by atomic mass is 9.75. The summed E-state index contributed by atoms with van der Waals surface area (Å²) in [6.45, 7) is 6.29. The molecule has 118 valence electrons. The molecule has 0 aromatic heterocycles. The van der Waals surface area contributed by atoms with Gasteiger partial charge < -0.3 is 10.4 Å². The Labute approximate surface area is 136 Å². The smallest absolute Gasteiger partial charge is 0.255 e. The van der Waals surface area contributed by atoms with E-state index in [2.05, 4.69) is 19.2 Å². The van der Waals surface area contributed by atoms with Crippen molar-refractivity contribution < 1.29 is 9.90 Å². The van der Waals surface area contributed by atoms with Crippen molar-refractivity contribution in [3.63, 3.8) is 0 Å². The number of benzene rings is 2. The van der Waals surface area contributed by atoms with Crippen LogP contribution in [0, 0.1) is 6.92 Å². The van der Waals surface area contributed by atoms with Gasteiger partial charge in [-0.3, -0.25) is 4.79 Å². The molecule has 23 heavy (non-hydrogen) atoms. The third-order valence-electron chi connectivity index (χ3n) is 4.40. The van der Waals surface area contributed by atoms with Crippen molar-refractivity contribution in [2.75, 3.05) is 5.32 Å². The average molecular weight is 307 g/mol. The Morgan fingerprint density at radius 3 is 2.52 bits per heavy atom. The molecular formula is C20H21NO2. The van der Waals surface area contributed by atoms with Gasteiger partial charge in [0.25, 0.3) is 5.91 Å². The van der Waals surface area contributed by atoms with E-state index in [9.17, 15) is 9.90 Å². The van der Waals surface area contributed by atoms with Crippen LogP contribution in [0.15, 0.2) is 48.5 Å². The van der Waals surface area contributed by atoms with Crippen LogP contribution in [0.25, 0.3) is 5.76 Å². The number of hydrogen-bond acceptors (Lipinski definition) is 2. The number of aryl methyl sites for hydroxylation is 1. The number of carbonyl (C=O) groups excluding carboxylic acids is 1. The molecule has 0 aliphatic heterocycles. The Balaban J connectivity index is 1.90. The van der Waals surface area contributed by atoms with E-state index in [1.54, 1.807) is 6.07 Å². The number of rotatable bonds is 2. The van der Waals surface area contributed by atoms with Gasteiger partial charge in [-0.25, -0.2) is 0 Å². The molecule has 0 spiro atoms. The summed E-state index contributed by atoms with van der Waals surface area (Å²) in [4.78, 5) is 12.4. The summed E-state index contributed by atoms with van der Waals surface area (Å²) in [6, 6.07) is 13.2. The molecule has 0 heterocycles. The Morgan fingerprint density at radius 2 is 1.83 bits per heavy atom. The van der Waals surface area contributed by atoms with Gasteiger partial charge in [-0.15, -0.1) is 0 Å². The predicted molar refractivity (Wildman–Crippen MR) is 93.8 cm³/mol. The summed E-state index contributed by atoms with van der Waals surface area (Å²) in [5.74, 6) is 0.0807. The van der Waals surface area contributed by atoms with E-state index < -0.39 is 0 Å². The van der Waals surface area contributed by atoms with Crippen LogP contribution in [0.2, 0.25) is 0 Å². The number of allylic oxidation sites excluding steroid dienone is 1. The quantitative estimate of drug-likeness (QED) is 0.835. The van der Waals surface area contributed by atoms with Crippen molar-refractivity contribution in [1.29, 1.82) is 0 Å². The molecule has 0 saturated carbocycles. The number of aliphatic hydroxyl groups is 1. The normalized spacial score (nSPS) is 15.5. The third kappa shape index (κ3) is 3.00. The van der Waals surface area contributed by atoms with Crippen LogP contribution in [0.3, 0.4) is 0 Å². The van der Waals surface area contributed by atoms with Crippen LogP contribution < -0.4 is 5.32 Å². The molecule has 1 amide bonds. The lowest BCUT2D eigenvalue weighted by molar-refractivity contribution is 0.102. The second kappa shape index (κ2) is 5.58. The van der Waals surface area contributed by atoms with Crippen molar-refractivity contribution in [2.24, 2.45) is 0 Å². The number of nitrogens with one attached hydrogen (secondary N) is 1. The van der Waals surface area contributed by atoms with Crippen molar-refractivity contribution in [2.45, 2.75) is 32.6 Å². The first-order valence-corrected chi connectivity index (χ1v) is 7.79. The standard InChI is InChI=1S/C20H21NO2/c1-13-4-7-15(8-5-13)21-19(23)14-6-9-17-16(12-14)18(22)10-11-20(17,2)3/h4-10,12,22H,11H2,1-3H3,(H,21,23). The Bertz CT molecular complexity index is 786. The monoisotopic (exact) mass is 307 g/mol. The highest BCUT2D eigenvalue weighted by Crippen LogP contribution is 2.38. The number of fused-ring (bicyclic) bond motifs is 1. The van der Waals surface area contributed by atoms with Crippen LogP contribution in [-0.4, -0.2) is 11.0 Å². The first kappa shape index (κ1) is 15.3. The number of hydrogen-bond donors (Lipinski definition) is 2.